The Morgan fingerprint density at radius 2 is 2.15 bits per heavy atom. The van der Waals surface area contributed by atoms with Gasteiger partial charge in [-0.1, -0.05) is 6.92 Å². The zero-order chi connectivity index (χ0) is 13.4. The zero-order valence-electron chi connectivity index (χ0n) is 11.9. The Morgan fingerprint density at radius 3 is 2.90 bits per heavy atom. The van der Waals surface area contributed by atoms with Crippen LogP contribution in [0, 0.1) is 5.92 Å². The number of fused-ring (bicyclic) bond motifs is 2. The number of aromatic hydroxyl groups is 1. The largest absolute Gasteiger partial charge is 0.493 e. The lowest BCUT2D eigenvalue weighted by Crippen LogP contribution is -2.49. The molecule has 1 aliphatic carbocycles. The summed E-state index contributed by atoms with van der Waals surface area (Å²) in [6.07, 6.45) is 5.50. The van der Waals surface area contributed by atoms with Crippen molar-refractivity contribution in [2.75, 3.05) is 18.8 Å². The molecule has 0 saturated carbocycles. The van der Waals surface area contributed by atoms with Crippen LogP contribution in [-0.2, 0) is 12.8 Å². The minimum absolute atomic E-state index is 0. The van der Waals surface area contributed by atoms with Gasteiger partial charge in [-0.2, -0.15) is 4.98 Å². The van der Waals surface area contributed by atoms with Gasteiger partial charge in [0.05, 0.1) is 5.69 Å². The highest BCUT2D eigenvalue weighted by Crippen LogP contribution is 2.37. The fraction of sp³-hybridized carbons (Fsp3) is 0.714. The Morgan fingerprint density at radius 1 is 1.35 bits per heavy atom. The van der Waals surface area contributed by atoms with E-state index in [9.17, 15) is 5.11 Å². The van der Waals surface area contributed by atoms with Crippen molar-refractivity contribution in [3.05, 3.63) is 11.3 Å². The smallest absolute Gasteiger partial charge is 0.223 e. The Bertz CT molecular complexity index is 480. The van der Waals surface area contributed by atoms with Crippen molar-refractivity contribution in [1.29, 1.82) is 0 Å². The molecule has 1 aromatic heterocycles. The number of halogens is 1. The van der Waals surface area contributed by atoms with Crippen LogP contribution in [0.15, 0.2) is 0 Å². The number of hydrogen-bond donors (Lipinski definition) is 2. The highest BCUT2D eigenvalue weighted by atomic mass is 35.5. The topological polar surface area (TPSA) is 75.3 Å². The van der Waals surface area contributed by atoms with E-state index in [4.69, 9.17) is 5.73 Å². The molecule has 112 valence electrons. The predicted molar refractivity (Wildman–Crippen MR) is 81.1 cm³/mol. The van der Waals surface area contributed by atoms with E-state index in [0.29, 0.717) is 12.0 Å². The molecule has 0 bridgehead atoms. The highest BCUT2D eigenvalue weighted by Gasteiger charge is 2.37. The number of aromatic nitrogens is 2. The molecule has 2 atom stereocenters. The second-order valence-corrected chi connectivity index (χ2v) is 5.74. The molecule has 2 heterocycles. The van der Waals surface area contributed by atoms with Crippen LogP contribution in [-0.4, -0.2) is 39.1 Å². The second-order valence-electron chi connectivity index (χ2n) is 5.74. The van der Waals surface area contributed by atoms with Gasteiger partial charge in [0.15, 0.2) is 0 Å². The lowest BCUT2D eigenvalue weighted by Gasteiger charge is -2.44. The molecule has 2 aliphatic rings. The van der Waals surface area contributed by atoms with Crippen molar-refractivity contribution < 1.29 is 5.11 Å². The van der Waals surface area contributed by atoms with Crippen LogP contribution in [0.5, 0.6) is 5.88 Å². The summed E-state index contributed by atoms with van der Waals surface area (Å²) < 4.78 is 0. The van der Waals surface area contributed by atoms with E-state index >= 15 is 0 Å². The summed E-state index contributed by atoms with van der Waals surface area (Å²) in [6, 6.07) is 0.541. The molecule has 5 nitrogen and oxygen atoms in total. The van der Waals surface area contributed by atoms with E-state index < -0.39 is 0 Å². The first-order chi connectivity index (χ1) is 9.19. The van der Waals surface area contributed by atoms with E-state index in [1.807, 2.05) is 0 Å². The maximum absolute atomic E-state index is 9.99. The third-order valence-corrected chi connectivity index (χ3v) is 4.50. The van der Waals surface area contributed by atoms with Crippen molar-refractivity contribution in [1.82, 2.24) is 14.9 Å². The van der Waals surface area contributed by atoms with Gasteiger partial charge in [-0.3, -0.25) is 4.90 Å². The quantitative estimate of drug-likeness (QED) is 0.870. The van der Waals surface area contributed by atoms with Gasteiger partial charge in [0, 0.05) is 11.6 Å². The molecule has 0 spiro atoms. The summed E-state index contributed by atoms with van der Waals surface area (Å²) in [4.78, 5) is 10.8. The first kappa shape index (κ1) is 15.3. The number of rotatable bonds is 2. The van der Waals surface area contributed by atoms with E-state index in [1.165, 1.54) is 25.8 Å². The standard InChI is InChI=1S/C14H22N4O.ClH/c1-2-5-18-6-3-4-9-7-11-10(8-12(9)18)13(19)17-14(15)16-11;/h9,12H,2-8H2,1H3,(H3,15,16,17,19);1H/t9-,12-;/m0./s1. The molecular weight excluding hydrogens is 276 g/mol. The maximum atomic E-state index is 9.99. The Balaban J connectivity index is 0.00000147. The molecule has 1 saturated heterocycles. The summed E-state index contributed by atoms with van der Waals surface area (Å²) in [7, 11) is 0. The summed E-state index contributed by atoms with van der Waals surface area (Å²) >= 11 is 0. The Kier molecular flexibility index (Phi) is 4.70. The van der Waals surface area contributed by atoms with Gasteiger partial charge in [0.25, 0.3) is 0 Å². The molecule has 0 aromatic carbocycles. The summed E-state index contributed by atoms with van der Waals surface area (Å²) in [5, 5.41) is 9.99. The van der Waals surface area contributed by atoms with Crippen molar-refractivity contribution in [2.24, 2.45) is 5.92 Å². The van der Waals surface area contributed by atoms with Gasteiger partial charge < -0.3 is 10.8 Å². The van der Waals surface area contributed by atoms with Crippen LogP contribution in [0.3, 0.4) is 0 Å². The number of nitrogens with zero attached hydrogens (tertiary/aromatic N) is 3. The Labute approximate surface area is 126 Å². The van der Waals surface area contributed by atoms with Gasteiger partial charge in [-0.25, -0.2) is 4.98 Å². The molecule has 3 N–H and O–H groups in total. The van der Waals surface area contributed by atoms with Gasteiger partial charge in [0.2, 0.25) is 11.8 Å². The van der Waals surface area contributed by atoms with Gasteiger partial charge >= 0.3 is 0 Å². The normalized spacial score (nSPS) is 25.4. The molecular formula is C14H23ClN4O. The van der Waals surface area contributed by atoms with Crippen LogP contribution in [0.1, 0.15) is 37.4 Å². The average Bonchev–Trinajstić information content (AvgIpc) is 2.37. The lowest BCUT2D eigenvalue weighted by molar-refractivity contribution is 0.0837. The molecule has 3 rings (SSSR count). The summed E-state index contributed by atoms with van der Waals surface area (Å²) in [5.41, 5.74) is 7.51. The SMILES string of the molecule is CCCN1CCC[C@H]2Cc3nc(N)nc(O)c3C[C@@H]21.Cl. The minimum atomic E-state index is 0. The molecule has 1 aromatic rings. The second kappa shape index (κ2) is 6.14. The number of nitrogen functional groups attached to an aromatic ring is 1. The van der Waals surface area contributed by atoms with Gasteiger partial charge in [-0.15, -0.1) is 12.4 Å². The summed E-state index contributed by atoms with van der Waals surface area (Å²) in [6.45, 7) is 4.55. The van der Waals surface area contributed by atoms with E-state index in [2.05, 4.69) is 21.8 Å². The minimum Gasteiger partial charge on any atom is -0.493 e. The van der Waals surface area contributed by atoms with Crippen LogP contribution in [0.4, 0.5) is 5.95 Å². The fourth-order valence-corrected chi connectivity index (χ4v) is 3.68. The zero-order valence-corrected chi connectivity index (χ0v) is 12.7. The van der Waals surface area contributed by atoms with Gasteiger partial charge in [0.1, 0.15) is 0 Å². The third kappa shape index (κ3) is 2.69. The van der Waals surface area contributed by atoms with E-state index in [-0.39, 0.29) is 24.2 Å². The summed E-state index contributed by atoms with van der Waals surface area (Å²) in [5.74, 6) is 0.931. The molecule has 1 aliphatic heterocycles. The van der Waals surface area contributed by atoms with Crippen molar-refractivity contribution in [3.8, 4) is 5.88 Å². The van der Waals surface area contributed by atoms with E-state index in [0.717, 1.165) is 30.6 Å². The maximum Gasteiger partial charge on any atom is 0.223 e. The average molecular weight is 299 g/mol. The van der Waals surface area contributed by atoms with Crippen LogP contribution in [0.2, 0.25) is 0 Å². The lowest BCUT2D eigenvalue weighted by atomic mass is 9.77. The fourth-order valence-electron chi connectivity index (χ4n) is 3.68. The first-order valence-corrected chi connectivity index (χ1v) is 7.27. The molecule has 20 heavy (non-hydrogen) atoms. The van der Waals surface area contributed by atoms with Crippen LogP contribution < -0.4 is 5.73 Å². The van der Waals surface area contributed by atoms with Crippen molar-refractivity contribution >= 4 is 18.4 Å². The van der Waals surface area contributed by atoms with Crippen LogP contribution >= 0.6 is 12.4 Å². The Hall–Kier alpha value is -1.07. The predicted octanol–water partition coefficient (Wildman–Crippen LogP) is 1.78. The molecule has 0 radical (unpaired) electrons. The molecule has 1 fully saturated rings. The van der Waals surface area contributed by atoms with Crippen molar-refractivity contribution in [3.63, 3.8) is 0 Å². The highest BCUT2D eigenvalue weighted by molar-refractivity contribution is 5.85. The molecule has 0 amide bonds. The number of likely N-dealkylation sites (tertiary alicyclic amines) is 1. The number of hydrogen-bond acceptors (Lipinski definition) is 5. The first-order valence-electron chi connectivity index (χ1n) is 7.27. The number of nitrogens with two attached hydrogens (primary N) is 1. The monoisotopic (exact) mass is 298 g/mol. The number of piperidine rings is 1. The molecule has 0 unspecified atom stereocenters. The van der Waals surface area contributed by atoms with Crippen molar-refractivity contribution in [2.45, 2.75) is 45.1 Å². The molecule has 6 heteroatoms. The van der Waals surface area contributed by atoms with Gasteiger partial charge in [-0.05, 0) is 51.1 Å². The number of anilines is 1. The van der Waals surface area contributed by atoms with E-state index in [1.54, 1.807) is 0 Å². The third-order valence-electron chi connectivity index (χ3n) is 4.50. The van der Waals surface area contributed by atoms with Crippen LogP contribution in [0.25, 0.3) is 0 Å².